The first-order valence-electron chi connectivity index (χ1n) is 7.78. The van der Waals surface area contributed by atoms with E-state index in [0.29, 0.717) is 17.0 Å². The average Bonchev–Trinajstić information content (AvgIpc) is 3.15. The zero-order chi connectivity index (χ0) is 19.4. The van der Waals surface area contributed by atoms with Crippen LogP contribution in [0.3, 0.4) is 0 Å². The summed E-state index contributed by atoms with van der Waals surface area (Å²) in [5.74, 6) is 0.00576. The lowest BCUT2D eigenvalue weighted by Crippen LogP contribution is -2.14. The van der Waals surface area contributed by atoms with Gasteiger partial charge in [0.1, 0.15) is 18.4 Å². The molecule has 3 rings (SSSR count). The van der Waals surface area contributed by atoms with E-state index in [2.05, 4.69) is 20.1 Å². The Bertz CT molecular complexity index is 1050. The van der Waals surface area contributed by atoms with Gasteiger partial charge >= 0.3 is 0 Å². The number of rotatable bonds is 6. The van der Waals surface area contributed by atoms with Crippen LogP contribution in [-0.2, 0) is 10.0 Å². The van der Waals surface area contributed by atoms with Crippen LogP contribution in [0.1, 0.15) is 10.4 Å². The maximum Gasteiger partial charge on any atom is 0.255 e. The fourth-order valence-electron chi connectivity index (χ4n) is 2.38. The quantitative estimate of drug-likeness (QED) is 0.667. The Morgan fingerprint density at radius 1 is 1.15 bits per heavy atom. The highest BCUT2D eigenvalue weighted by molar-refractivity contribution is 7.92. The van der Waals surface area contributed by atoms with Crippen LogP contribution in [0, 0.1) is 0 Å². The average molecular weight is 387 g/mol. The van der Waals surface area contributed by atoms with Crippen molar-refractivity contribution in [3.05, 3.63) is 60.7 Å². The van der Waals surface area contributed by atoms with Crippen molar-refractivity contribution in [1.29, 1.82) is 0 Å². The molecule has 0 spiro atoms. The Balaban J connectivity index is 1.78. The molecular formula is C17H17N5O4S. The molecule has 0 bridgehead atoms. The van der Waals surface area contributed by atoms with Crippen molar-refractivity contribution in [2.75, 3.05) is 23.4 Å². The number of aromatic nitrogens is 3. The minimum atomic E-state index is -3.49. The predicted octanol–water partition coefficient (Wildman–Crippen LogP) is 1.90. The molecule has 0 radical (unpaired) electrons. The monoisotopic (exact) mass is 387 g/mol. The van der Waals surface area contributed by atoms with Crippen LogP contribution >= 0.6 is 0 Å². The van der Waals surface area contributed by atoms with Crippen LogP contribution in [0.4, 0.5) is 11.4 Å². The molecule has 0 aliphatic heterocycles. The van der Waals surface area contributed by atoms with Crippen molar-refractivity contribution in [1.82, 2.24) is 14.8 Å². The molecule has 27 heavy (non-hydrogen) atoms. The van der Waals surface area contributed by atoms with Crippen molar-refractivity contribution >= 4 is 27.3 Å². The highest BCUT2D eigenvalue weighted by Gasteiger charge is 2.12. The van der Waals surface area contributed by atoms with Crippen LogP contribution < -0.4 is 14.8 Å². The zero-order valence-corrected chi connectivity index (χ0v) is 15.4. The van der Waals surface area contributed by atoms with Gasteiger partial charge in [-0.15, -0.1) is 0 Å². The molecule has 0 aliphatic carbocycles. The Morgan fingerprint density at radius 3 is 2.48 bits per heavy atom. The van der Waals surface area contributed by atoms with E-state index in [1.54, 1.807) is 47.4 Å². The van der Waals surface area contributed by atoms with Gasteiger partial charge in [-0.3, -0.25) is 9.52 Å². The Morgan fingerprint density at radius 2 is 1.89 bits per heavy atom. The lowest BCUT2D eigenvalue weighted by molar-refractivity contribution is 0.102. The van der Waals surface area contributed by atoms with Gasteiger partial charge in [-0.1, -0.05) is 0 Å². The fraction of sp³-hybridized carbons (Fsp3) is 0.118. The fourth-order valence-corrected chi connectivity index (χ4v) is 2.93. The number of amides is 1. The third-order valence-corrected chi connectivity index (χ3v) is 4.16. The van der Waals surface area contributed by atoms with E-state index in [1.807, 2.05) is 0 Å². The van der Waals surface area contributed by atoms with Gasteiger partial charge in [-0.25, -0.2) is 18.1 Å². The molecule has 9 nitrogen and oxygen atoms in total. The number of benzene rings is 2. The van der Waals surface area contributed by atoms with Gasteiger partial charge in [-0.05, 0) is 42.5 Å². The number of ether oxygens (including phenoxy) is 1. The molecule has 0 aliphatic rings. The van der Waals surface area contributed by atoms with Gasteiger partial charge in [-0.2, -0.15) is 5.10 Å². The molecule has 1 amide bonds. The van der Waals surface area contributed by atoms with E-state index in [1.165, 1.54) is 19.5 Å². The Hall–Kier alpha value is -3.40. The summed E-state index contributed by atoms with van der Waals surface area (Å²) in [4.78, 5) is 16.3. The van der Waals surface area contributed by atoms with Crippen LogP contribution in [0.2, 0.25) is 0 Å². The van der Waals surface area contributed by atoms with Gasteiger partial charge < -0.3 is 10.1 Å². The SMILES string of the molecule is COc1ccc(NC(=O)c2ccc(-n3cncn3)cc2)cc1NS(C)(=O)=O. The standard InChI is InChI=1S/C17H17N5O4S/c1-26-16-8-5-13(9-15(16)21-27(2,24)25)20-17(23)12-3-6-14(7-4-12)22-11-18-10-19-22/h3-11,21H,1-2H3,(H,20,23). The normalized spacial score (nSPS) is 11.0. The van der Waals surface area contributed by atoms with Crippen molar-refractivity contribution in [3.63, 3.8) is 0 Å². The van der Waals surface area contributed by atoms with Crippen LogP contribution in [0.25, 0.3) is 5.69 Å². The summed E-state index contributed by atoms with van der Waals surface area (Å²) in [5, 5.41) is 6.75. The number of carbonyl (C=O) groups is 1. The zero-order valence-electron chi connectivity index (χ0n) is 14.6. The summed E-state index contributed by atoms with van der Waals surface area (Å²) in [6.45, 7) is 0. The molecule has 2 aromatic carbocycles. The van der Waals surface area contributed by atoms with Crippen LogP contribution in [0.5, 0.6) is 5.75 Å². The summed E-state index contributed by atoms with van der Waals surface area (Å²) < 4.78 is 32.0. The molecule has 3 aromatic rings. The second-order valence-electron chi connectivity index (χ2n) is 5.63. The topological polar surface area (TPSA) is 115 Å². The van der Waals surface area contributed by atoms with Gasteiger partial charge in [0.15, 0.2) is 0 Å². The third-order valence-electron chi connectivity index (χ3n) is 3.57. The van der Waals surface area contributed by atoms with E-state index in [-0.39, 0.29) is 11.6 Å². The highest BCUT2D eigenvalue weighted by atomic mass is 32.2. The first-order chi connectivity index (χ1) is 12.9. The van der Waals surface area contributed by atoms with Crippen LogP contribution in [0.15, 0.2) is 55.1 Å². The summed E-state index contributed by atoms with van der Waals surface area (Å²) in [6, 6.07) is 11.5. The molecular weight excluding hydrogens is 370 g/mol. The molecule has 2 N–H and O–H groups in total. The maximum absolute atomic E-state index is 12.4. The van der Waals surface area contributed by atoms with Crippen molar-refractivity contribution < 1.29 is 17.9 Å². The van der Waals surface area contributed by atoms with E-state index in [0.717, 1.165) is 11.9 Å². The Kier molecular flexibility index (Phi) is 5.08. The molecule has 140 valence electrons. The first kappa shape index (κ1) is 18.4. The minimum absolute atomic E-state index is 0.235. The van der Waals surface area contributed by atoms with Crippen LogP contribution in [-0.4, -0.2) is 42.5 Å². The molecule has 0 saturated heterocycles. The molecule has 10 heteroatoms. The summed E-state index contributed by atoms with van der Waals surface area (Å²) in [5.41, 5.74) is 1.87. The van der Waals surface area contributed by atoms with Gasteiger partial charge in [0, 0.05) is 11.3 Å². The number of carbonyl (C=O) groups excluding carboxylic acids is 1. The van der Waals surface area contributed by atoms with Crippen molar-refractivity contribution in [2.45, 2.75) is 0 Å². The lowest BCUT2D eigenvalue weighted by Gasteiger charge is -2.12. The lowest BCUT2D eigenvalue weighted by atomic mass is 10.2. The number of nitrogens with one attached hydrogen (secondary N) is 2. The number of nitrogens with zero attached hydrogens (tertiary/aromatic N) is 3. The predicted molar refractivity (Wildman–Crippen MR) is 101 cm³/mol. The number of sulfonamides is 1. The smallest absolute Gasteiger partial charge is 0.255 e. The molecule has 0 fully saturated rings. The van der Waals surface area contributed by atoms with Crippen molar-refractivity contribution in [2.24, 2.45) is 0 Å². The minimum Gasteiger partial charge on any atom is -0.495 e. The summed E-state index contributed by atoms with van der Waals surface area (Å²) in [6.07, 6.45) is 4.02. The number of anilines is 2. The molecule has 0 atom stereocenters. The first-order valence-corrected chi connectivity index (χ1v) is 9.67. The molecule has 1 aromatic heterocycles. The molecule has 1 heterocycles. The highest BCUT2D eigenvalue weighted by Crippen LogP contribution is 2.28. The number of hydrogen-bond acceptors (Lipinski definition) is 6. The largest absolute Gasteiger partial charge is 0.495 e. The van der Waals surface area contributed by atoms with Gasteiger partial charge in [0.2, 0.25) is 10.0 Å². The number of hydrogen-bond donors (Lipinski definition) is 2. The number of methoxy groups -OCH3 is 1. The van der Waals surface area contributed by atoms with E-state index >= 15 is 0 Å². The van der Waals surface area contributed by atoms with E-state index in [4.69, 9.17) is 4.74 Å². The second-order valence-corrected chi connectivity index (χ2v) is 7.38. The van der Waals surface area contributed by atoms with Gasteiger partial charge in [0.05, 0.1) is 24.7 Å². The second kappa shape index (κ2) is 7.46. The maximum atomic E-state index is 12.4. The third kappa shape index (κ3) is 4.61. The Labute approximate surface area is 156 Å². The van der Waals surface area contributed by atoms with E-state index < -0.39 is 10.0 Å². The van der Waals surface area contributed by atoms with E-state index in [9.17, 15) is 13.2 Å². The summed E-state index contributed by atoms with van der Waals surface area (Å²) in [7, 11) is -2.06. The van der Waals surface area contributed by atoms with Crippen molar-refractivity contribution in [3.8, 4) is 11.4 Å². The molecule has 0 saturated carbocycles. The molecule has 0 unspecified atom stereocenters. The van der Waals surface area contributed by atoms with Gasteiger partial charge in [0.25, 0.3) is 5.91 Å². The summed E-state index contributed by atoms with van der Waals surface area (Å²) >= 11 is 0.